The second-order valence-corrected chi connectivity index (χ2v) is 6.13. The highest BCUT2D eigenvalue weighted by atomic mass is 35.5. The van der Waals surface area contributed by atoms with Gasteiger partial charge in [-0.15, -0.1) is 0 Å². The zero-order valence-electron chi connectivity index (χ0n) is 14.4. The van der Waals surface area contributed by atoms with Crippen LogP contribution in [0.1, 0.15) is 17.5 Å². The van der Waals surface area contributed by atoms with Gasteiger partial charge in [0, 0.05) is 11.4 Å². The van der Waals surface area contributed by atoms with Gasteiger partial charge in [0.1, 0.15) is 13.2 Å². The third kappa shape index (κ3) is 5.71. The van der Waals surface area contributed by atoms with Crippen LogP contribution in [0.5, 0.6) is 11.5 Å². The van der Waals surface area contributed by atoms with Crippen LogP contribution >= 0.6 is 11.6 Å². The van der Waals surface area contributed by atoms with E-state index in [0.717, 1.165) is 47.3 Å². The van der Waals surface area contributed by atoms with Gasteiger partial charge in [0.15, 0.2) is 11.5 Å². The van der Waals surface area contributed by atoms with Gasteiger partial charge < -0.3 is 20.1 Å². The molecule has 0 unspecified atom stereocenters. The monoisotopic (exact) mass is 350 g/mol. The first-order valence-electron chi connectivity index (χ1n) is 8.37. The van der Waals surface area contributed by atoms with E-state index in [2.05, 4.69) is 23.7 Å². The molecule has 0 saturated carbocycles. The fraction of sp³-hybridized carbons (Fsp3) is 0.368. The maximum Gasteiger partial charge on any atom is 0.170 e. The van der Waals surface area contributed by atoms with Crippen molar-refractivity contribution in [3.63, 3.8) is 0 Å². The quantitative estimate of drug-likeness (QED) is 0.639. The van der Waals surface area contributed by atoms with Crippen LogP contribution in [-0.4, -0.2) is 27.2 Å². The number of nitrogens with two attached hydrogens (primary N) is 2. The summed E-state index contributed by atoms with van der Waals surface area (Å²) in [6.07, 6.45) is 1.20. The van der Waals surface area contributed by atoms with Crippen LogP contribution in [0.4, 0.5) is 0 Å². The molecule has 0 heterocycles. The summed E-state index contributed by atoms with van der Waals surface area (Å²) in [5.41, 5.74) is 2.24. The van der Waals surface area contributed by atoms with E-state index in [4.69, 9.17) is 21.1 Å². The third-order valence-corrected chi connectivity index (χ3v) is 4.09. The van der Waals surface area contributed by atoms with Gasteiger partial charge in [-0.1, -0.05) is 29.8 Å². The third-order valence-electron chi connectivity index (χ3n) is 3.84. The fourth-order valence-corrected chi connectivity index (χ4v) is 2.63. The van der Waals surface area contributed by atoms with E-state index in [1.807, 2.05) is 36.4 Å². The second-order valence-electron chi connectivity index (χ2n) is 5.70. The first kappa shape index (κ1) is 18.6. The van der Waals surface area contributed by atoms with Crippen LogP contribution < -0.4 is 20.1 Å². The molecule has 0 radical (unpaired) electrons. The lowest BCUT2D eigenvalue weighted by Gasteiger charge is -2.14. The Labute approximate surface area is 149 Å². The molecule has 2 aromatic carbocycles. The molecule has 4 N–H and O–H groups in total. The minimum Gasteiger partial charge on any atom is -0.493 e. The number of benzene rings is 2. The van der Waals surface area contributed by atoms with Gasteiger partial charge in [0.25, 0.3) is 0 Å². The molecule has 0 atom stereocenters. The Morgan fingerprint density at radius 2 is 1.83 bits per heavy atom. The number of quaternary nitrogens is 2. The highest BCUT2D eigenvalue weighted by Crippen LogP contribution is 2.31. The summed E-state index contributed by atoms with van der Waals surface area (Å²) < 4.78 is 11.5. The molecule has 0 aliphatic heterocycles. The van der Waals surface area contributed by atoms with Gasteiger partial charge in [-0.25, -0.2) is 0 Å². The molecular weight excluding hydrogens is 324 g/mol. The lowest BCUT2D eigenvalue weighted by atomic mass is 10.1. The van der Waals surface area contributed by atoms with Gasteiger partial charge in [0.05, 0.1) is 32.8 Å². The maximum absolute atomic E-state index is 6.07. The predicted molar refractivity (Wildman–Crippen MR) is 96.6 cm³/mol. The first-order valence-corrected chi connectivity index (χ1v) is 8.75. The van der Waals surface area contributed by atoms with E-state index in [1.54, 1.807) is 7.11 Å². The molecule has 0 aliphatic carbocycles. The van der Waals surface area contributed by atoms with E-state index in [-0.39, 0.29) is 0 Å². The number of para-hydroxylation sites is 1. The highest BCUT2D eigenvalue weighted by molar-refractivity contribution is 6.30. The Bertz CT molecular complexity index is 617. The average molecular weight is 351 g/mol. The second kappa shape index (κ2) is 10.2. The number of rotatable bonds is 10. The summed E-state index contributed by atoms with van der Waals surface area (Å²) in [4.78, 5) is 0. The van der Waals surface area contributed by atoms with Crippen molar-refractivity contribution in [2.45, 2.75) is 19.6 Å². The number of ether oxygens (including phenoxy) is 2. The van der Waals surface area contributed by atoms with Crippen molar-refractivity contribution in [3.05, 3.63) is 58.6 Å². The van der Waals surface area contributed by atoms with Gasteiger partial charge in [-0.05, 0) is 29.8 Å². The van der Waals surface area contributed by atoms with Crippen molar-refractivity contribution in [1.82, 2.24) is 0 Å². The summed E-state index contributed by atoms with van der Waals surface area (Å²) in [7, 11) is 3.78. The van der Waals surface area contributed by atoms with Crippen LogP contribution in [0.25, 0.3) is 0 Å². The Kier molecular flexibility index (Phi) is 7.89. The lowest BCUT2D eigenvalue weighted by Crippen LogP contribution is -2.85. The molecule has 0 spiro atoms. The summed E-state index contributed by atoms with van der Waals surface area (Å²) >= 11 is 5.93. The van der Waals surface area contributed by atoms with Crippen molar-refractivity contribution in [1.29, 1.82) is 0 Å². The van der Waals surface area contributed by atoms with E-state index >= 15 is 0 Å². The Morgan fingerprint density at radius 1 is 1.04 bits per heavy atom. The number of hydrogen-bond acceptors (Lipinski definition) is 2. The predicted octanol–water partition coefficient (Wildman–Crippen LogP) is 1.57. The molecule has 2 rings (SSSR count). The molecule has 5 heteroatoms. The minimum atomic E-state index is 0.495. The maximum atomic E-state index is 6.07. The average Bonchev–Trinajstić information content (AvgIpc) is 2.61. The lowest BCUT2D eigenvalue weighted by molar-refractivity contribution is -0.682. The molecule has 0 amide bonds. The summed E-state index contributed by atoms with van der Waals surface area (Å²) in [6, 6.07) is 13.8. The summed E-state index contributed by atoms with van der Waals surface area (Å²) in [6.45, 7) is 3.65. The van der Waals surface area contributed by atoms with Gasteiger partial charge in [-0.2, -0.15) is 0 Å². The minimum absolute atomic E-state index is 0.495. The molecule has 0 aliphatic rings. The SMILES string of the molecule is C[NH2+]CCC[NH2+]Cc1cccc(OC)c1OCc1ccc(Cl)cc1. The summed E-state index contributed by atoms with van der Waals surface area (Å²) in [5.74, 6) is 1.60. The molecule has 130 valence electrons. The Hall–Kier alpha value is -1.75. The van der Waals surface area contributed by atoms with Crippen molar-refractivity contribution in [2.24, 2.45) is 0 Å². The van der Waals surface area contributed by atoms with E-state index < -0.39 is 0 Å². The van der Waals surface area contributed by atoms with Crippen molar-refractivity contribution in [3.8, 4) is 11.5 Å². The molecule has 0 fully saturated rings. The number of hydrogen-bond donors (Lipinski definition) is 2. The van der Waals surface area contributed by atoms with Crippen LogP contribution in [0.3, 0.4) is 0 Å². The van der Waals surface area contributed by atoms with Crippen LogP contribution in [0.2, 0.25) is 5.02 Å². The smallest absolute Gasteiger partial charge is 0.170 e. The van der Waals surface area contributed by atoms with Gasteiger partial charge >= 0.3 is 0 Å². The van der Waals surface area contributed by atoms with E-state index in [0.29, 0.717) is 6.61 Å². The van der Waals surface area contributed by atoms with Crippen LogP contribution in [0, 0.1) is 0 Å². The zero-order valence-corrected chi connectivity index (χ0v) is 15.2. The number of methoxy groups -OCH3 is 1. The van der Waals surface area contributed by atoms with Gasteiger partial charge in [0.2, 0.25) is 0 Å². The highest BCUT2D eigenvalue weighted by Gasteiger charge is 2.12. The standard InChI is InChI=1S/C19H25ClN2O2/c1-21-11-4-12-22-13-16-5-3-6-18(23-2)19(16)24-14-15-7-9-17(20)10-8-15/h3,5-10,21-22H,4,11-14H2,1-2H3/p+2. The van der Waals surface area contributed by atoms with Crippen LogP contribution in [0.15, 0.2) is 42.5 Å². The van der Waals surface area contributed by atoms with Gasteiger partial charge in [-0.3, -0.25) is 0 Å². The Balaban J connectivity index is 2.01. The number of halogens is 1. The molecule has 4 nitrogen and oxygen atoms in total. The van der Waals surface area contributed by atoms with E-state index in [1.165, 1.54) is 6.42 Å². The fourth-order valence-electron chi connectivity index (χ4n) is 2.51. The molecular formula is C19H27ClN2O2+2. The molecule has 24 heavy (non-hydrogen) atoms. The first-order chi connectivity index (χ1) is 11.7. The molecule has 0 saturated heterocycles. The largest absolute Gasteiger partial charge is 0.493 e. The van der Waals surface area contributed by atoms with Crippen molar-refractivity contribution in [2.75, 3.05) is 27.2 Å². The zero-order chi connectivity index (χ0) is 17.2. The Morgan fingerprint density at radius 3 is 2.54 bits per heavy atom. The van der Waals surface area contributed by atoms with Crippen LogP contribution in [-0.2, 0) is 13.2 Å². The topological polar surface area (TPSA) is 51.7 Å². The van der Waals surface area contributed by atoms with Crippen molar-refractivity contribution >= 4 is 11.6 Å². The van der Waals surface area contributed by atoms with Crippen molar-refractivity contribution < 1.29 is 20.1 Å². The molecule has 0 bridgehead atoms. The molecule has 0 aromatic heterocycles. The molecule has 2 aromatic rings. The summed E-state index contributed by atoms with van der Waals surface area (Å²) in [5, 5.41) is 5.25. The normalized spacial score (nSPS) is 10.6. The van der Waals surface area contributed by atoms with E-state index in [9.17, 15) is 0 Å².